The molecule has 4 aromatic rings. The predicted octanol–water partition coefficient (Wildman–Crippen LogP) is 4.76. The number of rotatable bonds is 7. The van der Waals surface area contributed by atoms with Crippen molar-refractivity contribution in [3.05, 3.63) is 90.5 Å². The molecule has 0 fully saturated rings. The van der Waals surface area contributed by atoms with E-state index in [0.29, 0.717) is 11.3 Å². The third-order valence-corrected chi connectivity index (χ3v) is 7.87. The van der Waals surface area contributed by atoms with E-state index in [1.807, 2.05) is 24.3 Å². The monoisotopic (exact) mass is 482 g/mol. The van der Waals surface area contributed by atoms with Crippen LogP contribution >= 0.6 is 0 Å². The van der Waals surface area contributed by atoms with Gasteiger partial charge in [0.1, 0.15) is 5.75 Å². The normalized spacial score (nSPS) is 11.8. The van der Waals surface area contributed by atoms with Gasteiger partial charge >= 0.3 is 0 Å². The zero-order chi connectivity index (χ0) is 23.6. The maximum Gasteiger partial charge on any atom is 0.262 e. The molecule has 0 aliphatic heterocycles. The molecule has 0 heterocycles. The zero-order valence-corrected chi connectivity index (χ0v) is 19.6. The highest BCUT2D eigenvalue weighted by Gasteiger charge is 2.20. The number of methoxy groups -OCH3 is 1. The van der Waals surface area contributed by atoms with E-state index < -0.39 is 20.0 Å². The summed E-state index contributed by atoms with van der Waals surface area (Å²) in [6.45, 7) is 1.70. The highest BCUT2D eigenvalue weighted by atomic mass is 32.2. The molecule has 0 aliphatic rings. The van der Waals surface area contributed by atoms with Gasteiger partial charge in [0, 0.05) is 0 Å². The van der Waals surface area contributed by atoms with Gasteiger partial charge in [0.2, 0.25) is 0 Å². The Bertz CT molecular complexity index is 1550. The fourth-order valence-electron chi connectivity index (χ4n) is 3.35. The molecule has 170 valence electrons. The Kier molecular flexibility index (Phi) is 6.01. The lowest BCUT2D eigenvalue weighted by Crippen LogP contribution is -2.16. The molecule has 4 rings (SSSR count). The van der Waals surface area contributed by atoms with E-state index >= 15 is 0 Å². The Hall–Kier alpha value is -3.56. The summed E-state index contributed by atoms with van der Waals surface area (Å²) in [5.41, 5.74) is 1.03. The van der Waals surface area contributed by atoms with Gasteiger partial charge < -0.3 is 4.74 Å². The largest absolute Gasteiger partial charge is 0.495 e. The van der Waals surface area contributed by atoms with Crippen molar-refractivity contribution in [2.24, 2.45) is 0 Å². The van der Waals surface area contributed by atoms with Crippen molar-refractivity contribution < 1.29 is 21.6 Å². The van der Waals surface area contributed by atoms with E-state index in [1.165, 1.54) is 25.3 Å². The van der Waals surface area contributed by atoms with Crippen LogP contribution in [0.2, 0.25) is 0 Å². The van der Waals surface area contributed by atoms with Crippen molar-refractivity contribution >= 4 is 42.2 Å². The molecular formula is C24H22N2O5S2. The summed E-state index contributed by atoms with van der Waals surface area (Å²) in [6, 6.07) is 23.1. The number of aryl methyl sites for hydroxylation is 1. The van der Waals surface area contributed by atoms with Gasteiger partial charge in [-0.15, -0.1) is 0 Å². The van der Waals surface area contributed by atoms with E-state index in [4.69, 9.17) is 4.74 Å². The molecule has 0 amide bonds. The summed E-state index contributed by atoms with van der Waals surface area (Å²) in [5.74, 6) is 0.366. The van der Waals surface area contributed by atoms with Crippen LogP contribution < -0.4 is 14.2 Å². The second-order valence-electron chi connectivity index (χ2n) is 7.40. The Morgan fingerprint density at radius 3 is 1.94 bits per heavy atom. The summed E-state index contributed by atoms with van der Waals surface area (Å²) < 4.78 is 62.2. The first-order valence-corrected chi connectivity index (χ1v) is 12.9. The zero-order valence-electron chi connectivity index (χ0n) is 17.9. The van der Waals surface area contributed by atoms with Gasteiger partial charge in [-0.2, -0.15) is 0 Å². The van der Waals surface area contributed by atoms with E-state index in [9.17, 15) is 16.8 Å². The van der Waals surface area contributed by atoms with E-state index in [2.05, 4.69) is 9.44 Å². The average molecular weight is 483 g/mol. The van der Waals surface area contributed by atoms with E-state index in [-0.39, 0.29) is 21.2 Å². The first-order chi connectivity index (χ1) is 15.7. The summed E-state index contributed by atoms with van der Waals surface area (Å²) in [6.07, 6.45) is 0. The van der Waals surface area contributed by atoms with Crippen LogP contribution in [0.25, 0.3) is 10.8 Å². The van der Waals surface area contributed by atoms with Crippen LogP contribution in [0, 0.1) is 6.92 Å². The Balaban J connectivity index is 1.66. The fourth-order valence-corrected chi connectivity index (χ4v) is 5.60. The van der Waals surface area contributed by atoms with Crippen LogP contribution in [-0.2, 0) is 20.0 Å². The second kappa shape index (κ2) is 8.76. The summed E-state index contributed by atoms with van der Waals surface area (Å²) >= 11 is 0. The van der Waals surface area contributed by atoms with E-state index in [0.717, 1.165) is 10.8 Å². The molecule has 0 atom stereocenters. The SMILES string of the molecule is COc1ccccc1NS(=O)(=O)c1ccc(C)c(NS(=O)(=O)c2ccc3ccccc3c2)c1. The number of fused-ring (bicyclic) bond motifs is 1. The van der Waals surface area contributed by atoms with Gasteiger partial charge in [0.15, 0.2) is 0 Å². The number of anilines is 2. The lowest BCUT2D eigenvalue weighted by Gasteiger charge is -2.15. The minimum Gasteiger partial charge on any atom is -0.495 e. The Morgan fingerprint density at radius 2 is 1.21 bits per heavy atom. The first-order valence-electron chi connectivity index (χ1n) is 9.98. The third-order valence-electron chi connectivity index (χ3n) is 5.15. The molecule has 0 bridgehead atoms. The molecule has 9 heteroatoms. The van der Waals surface area contributed by atoms with Crippen LogP contribution in [0.1, 0.15) is 5.56 Å². The maximum atomic E-state index is 13.0. The molecule has 0 aromatic heterocycles. The molecular weight excluding hydrogens is 460 g/mol. The molecule has 0 spiro atoms. The predicted molar refractivity (Wildman–Crippen MR) is 130 cm³/mol. The summed E-state index contributed by atoms with van der Waals surface area (Å²) in [5, 5.41) is 1.71. The standard InChI is InChI=1S/C24H22N2O5S2/c1-17-11-13-21(33(29,30)25-22-9-5-6-10-24(22)31-2)16-23(17)26-32(27,28)20-14-12-18-7-3-4-8-19(18)15-20/h3-16,25-26H,1-2H3. The topological polar surface area (TPSA) is 102 Å². The van der Waals surface area contributed by atoms with Gasteiger partial charge in [-0.3, -0.25) is 9.44 Å². The molecule has 2 N–H and O–H groups in total. The molecule has 0 unspecified atom stereocenters. The Morgan fingerprint density at radius 1 is 0.636 bits per heavy atom. The van der Waals surface area contributed by atoms with Gasteiger partial charge in [-0.25, -0.2) is 16.8 Å². The van der Waals surface area contributed by atoms with Crippen molar-refractivity contribution in [2.45, 2.75) is 16.7 Å². The number of benzene rings is 4. The quantitative estimate of drug-likeness (QED) is 0.396. The summed E-state index contributed by atoms with van der Waals surface area (Å²) in [4.78, 5) is -0.00350. The van der Waals surface area contributed by atoms with Crippen molar-refractivity contribution in [1.29, 1.82) is 0 Å². The molecule has 0 saturated heterocycles. The van der Waals surface area contributed by atoms with Gasteiger partial charge in [0.25, 0.3) is 20.0 Å². The number of hydrogen-bond donors (Lipinski definition) is 2. The molecule has 0 radical (unpaired) electrons. The van der Waals surface area contributed by atoms with Crippen molar-refractivity contribution in [3.63, 3.8) is 0 Å². The lowest BCUT2D eigenvalue weighted by atomic mass is 10.1. The third kappa shape index (κ3) is 4.79. The lowest BCUT2D eigenvalue weighted by molar-refractivity contribution is 0.417. The maximum absolute atomic E-state index is 13.0. The molecule has 33 heavy (non-hydrogen) atoms. The van der Waals surface area contributed by atoms with Crippen molar-refractivity contribution in [1.82, 2.24) is 0 Å². The average Bonchev–Trinajstić information content (AvgIpc) is 2.80. The van der Waals surface area contributed by atoms with E-state index in [1.54, 1.807) is 49.4 Å². The summed E-state index contributed by atoms with van der Waals surface area (Å²) in [7, 11) is -6.50. The highest BCUT2D eigenvalue weighted by Crippen LogP contribution is 2.29. The van der Waals surface area contributed by atoms with Crippen molar-refractivity contribution in [2.75, 3.05) is 16.6 Å². The first kappa shape index (κ1) is 22.6. The number of nitrogens with one attached hydrogen (secondary N) is 2. The van der Waals surface area contributed by atoms with Crippen LogP contribution in [-0.4, -0.2) is 23.9 Å². The van der Waals surface area contributed by atoms with Crippen LogP contribution in [0.15, 0.2) is 94.7 Å². The van der Waals surface area contributed by atoms with Crippen LogP contribution in [0.4, 0.5) is 11.4 Å². The minimum absolute atomic E-state index is 0.0843. The van der Waals surface area contributed by atoms with Crippen molar-refractivity contribution in [3.8, 4) is 5.75 Å². The number of para-hydroxylation sites is 2. The number of ether oxygens (including phenoxy) is 1. The van der Waals surface area contributed by atoms with Crippen LogP contribution in [0.5, 0.6) is 5.75 Å². The highest BCUT2D eigenvalue weighted by molar-refractivity contribution is 7.93. The molecule has 7 nitrogen and oxygen atoms in total. The fraction of sp³-hybridized carbons (Fsp3) is 0.0833. The van der Waals surface area contributed by atoms with Gasteiger partial charge in [-0.1, -0.05) is 48.5 Å². The second-order valence-corrected chi connectivity index (χ2v) is 10.8. The minimum atomic E-state index is -4.00. The molecule has 0 aliphatic carbocycles. The van der Waals surface area contributed by atoms with Gasteiger partial charge in [0.05, 0.1) is 28.3 Å². The van der Waals surface area contributed by atoms with Gasteiger partial charge in [-0.05, 0) is 59.7 Å². The number of sulfonamides is 2. The smallest absolute Gasteiger partial charge is 0.262 e. The molecule has 0 saturated carbocycles. The Labute approximate surface area is 193 Å². The van der Waals surface area contributed by atoms with Crippen LogP contribution in [0.3, 0.4) is 0 Å². The number of hydrogen-bond acceptors (Lipinski definition) is 5. The molecule has 4 aromatic carbocycles.